The number of pyridine rings is 1. The van der Waals surface area contributed by atoms with E-state index in [1.165, 1.54) is 34.8 Å². The van der Waals surface area contributed by atoms with Gasteiger partial charge in [-0.25, -0.2) is 4.98 Å². The van der Waals surface area contributed by atoms with Gasteiger partial charge in [0.2, 0.25) is 5.88 Å². The molecule has 1 aromatic heterocycles. The summed E-state index contributed by atoms with van der Waals surface area (Å²) in [6.07, 6.45) is -10.4. The molecule has 3 nitrogen and oxygen atoms in total. The Bertz CT molecular complexity index is 1160. The molecule has 0 spiro atoms. The molecule has 0 aliphatic heterocycles. The van der Waals surface area contributed by atoms with Crippen LogP contribution in [0.2, 0.25) is 36.8 Å². The van der Waals surface area contributed by atoms with Crippen LogP contribution in [0.4, 0.5) is 57.1 Å². The van der Waals surface area contributed by atoms with Gasteiger partial charge < -0.3 is 9.16 Å². The number of ether oxygens (including phenoxy) is 1. The lowest BCUT2D eigenvalue weighted by Crippen LogP contribution is -2.70. The number of alkyl halides is 13. The van der Waals surface area contributed by atoms with Crippen LogP contribution in [0.3, 0.4) is 0 Å². The number of methoxy groups -OCH3 is 1. The summed E-state index contributed by atoms with van der Waals surface area (Å²) in [4.78, 5) is 4.53. The first-order chi connectivity index (χ1) is 19.8. The molecule has 1 aromatic rings. The van der Waals surface area contributed by atoms with Gasteiger partial charge in [0.05, 0.1) is 13.2 Å². The minimum absolute atomic E-state index is 0.205. The van der Waals surface area contributed by atoms with Crippen molar-refractivity contribution in [2.45, 2.75) is 133 Å². The smallest absolute Gasteiger partial charge is 0.460 e. The van der Waals surface area contributed by atoms with Crippen molar-refractivity contribution in [3.05, 3.63) is 17.2 Å². The molecule has 1 heterocycles. The molecule has 1 atom stereocenters. The summed E-state index contributed by atoms with van der Waals surface area (Å²) in [6, 6.07) is 0.700. The Hall–Kier alpha value is -1.57. The lowest BCUT2D eigenvalue weighted by atomic mass is 9.93. The summed E-state index contributed by atoms with van der Waals surface area (Å²) >= 11 is 0. The predicted octanol–water partition coefficient (Wildman–Crippen LogP) is 10.3. The van der Waals surface area contributed by atoms with Gasteiger partial charge in [0.25, 0.3) is 0 Å². The van der Waals surface area contributed by atoms with Gasteiger partial charge in [-0.3, -0.25) is 0 Å². The number of nitrogens with zero attached hydrogens (tertiary/aromatic N) is 1. The Balaban J connectivity index is 3.69. The van der Waals surface area contributed by atoms with E-state index in [1.54, 1.807) is 19.9 Å². The maximum Gasteiger partial charge on any atom is 0.460 e. The number of aromatic nitrogens is 1. The van der Waals surface area contributed by atoms with Crippen molar-refractivity contribution in [1.82, 2.24) is 4.98 Å². The van der Waals surface area contributed by atoms with E-state index in [-0.39, 0.29) is 12.3 Å². The Labute approximate surface area is 256 Å². The quantitative estimate of drug-likeness (QED) is 0.134. The first-order valence-electron chi connectivity index (χ1n) is 14.0. The van der Waals surface area contributed by atoms with E-state index in [1.807, 2.05) is 19.6 Å². The molecule has 1 rings (SSSR count). The first kappa shape index (κ1) is 41.5. The van der Waals surface area contributed by atoms with Crippen LogP contribution in [0.15, 0.2) is 6.07 Å². The lowest BCUT2D eigenvalue weighted by molar-refractivity contribution is -0.440. The molecule has 0 unspecified atom stereocenters. The molecule has 0 radical (unpaired) electrons. The molecule has 264 valence electrons. The van der Waals surface area contributed by atoms with Crippen molar-refractivity contribution < 1.29 is 66.2 Å². The topological polar surface area (TPSA) is 31.4 Å². The van der Waals surface area contributed by atoms with Crippen LogP contribution in [-0.4, -0.2) is 64.3 Å². The highest BCUT2D eigenvalue weighted by molar-refractivity contribution is 6.88. The monoisotopic (exact) mass is 713 g/mol. The molecule has 18 heteroatoms. The molecule has 0 aliphatic rings. The normalized spacial score (nSPS) is 15.7. The number of hydrogen-bond acceptors (Lipinski definition) is 3. The van der Waals surface area contributed by atoms with Gasteiger partial charge in [-0.15, -0.1) is 0 Å². The maximum atomic E-state index is 14.9. The molecule has 0 amide bonds. The second-order valence-electron chi connectivity index (χ2n) is 12.8. The van der Waals surface area contributed by atoms with E-state index in [0.29, 0.717) is 16.4 Å². The standard InChI is InChI=1S/C27H40F13NO2Si2/c1-11-19(18-14-20(44(8,9)10)41-21(42-7)17(18)6)43-45(15(2)3,16(4)5)13-12-22(28,29)23(30,31)24(32,33)25(34,35)26(36,37)27(38,39)40/h14-16,19H,11-13H2,1-10H3/t19-/m1/s1. The molecule has 0 saturated carbocycles. The van der Waals surface area contributed by atoms with Gasteiger partial charge in [0.15, 0.2) is 8.32 Å². The summed E-state index contributed by atoms with van der Waals surface area (Å²) < 4.78 is 191. The van der Waals surface area contributed by atoms with Crippen LogP contribution in [-0.2, 0) is 4.43 Å². The van der Waals surface area contributed by atoms with Gasteiger partial charge in [-0.1, -0.05) is 54.3 Å². The molecule has 0 aromatic carbocycles. The zero-order chi connectivity index (χ0) is 36.0. The third-order valence-corrected chi connectivity index (χ3v) is 15.5. The van der Waals surface area contributed by atoms with Crippen molar-refractivity contribution in [1.29, 1.82) is 0 Å². The Morgan fingerprint density at radius 1 is 0.756 bits per heavy atom. The average Bonchev–Trinajstić information content (AvgIpc) is 2.87. The van der Waals surface area contributed by atoms with E-state index in [9.17, 15) is 57.1 Å². The molecule has 0 aliphatic carbocycles. The molecule has 45 heavy (non-hydrogen) atoms. The minimum atomic E-state index is -7.92. The van der Waals surface area contributed by atoms with Crippen molar-refractivity contribution >= 4 is 21.7 Å². The van der Waals surface area contributed by atoms with Crippen molar-refractivity contribution in [2.24, 2.45) is 0 Å². The lowest BCUT2D eigenvalue weighted by Gasteiger charge is -2.44. The highest BCUT2D eigenvalue weighted by atomic mass is 28.4. The van der Waals surface area contributed by atoms with Crippen LogP contribution in [0.5, 0.6) is 5.88 Å². The fraction of sp³-hybridized carbons (Fsp3) is 0.815. The zero-order valence-corrected chi connectivity index (χ0v) is 28.6. The number of hydrogen-bond donors (Lipinski definition) is 0. The third kappa shape index (κ3) is 7.31. The zero-order valence-electron chi connectivity index (χ0n) is 26.6. The SMILES string of the molecule is CC[C@@H](O[Si](CCC(F)(F)C(F)(F)C(F)(F)C(F)(F)C(F)(F)C(F)(F)F)(C(C)C)C(C)C)c1cc([Si](C)(C)C)nc(OC)c1C. The Morgan fingerprint density at radius 2 is 1.20 bits per heavy atom. The van der Waals surface area contributed by atoms with E-state index in [4.69, 9.17) is 9.16 Å². The first-order valence-corrected chi connectivity index (χ1v) is 19.8. The van der Waals surface area contributed by atoms with Gasteiger partial charge in [0, 0.05) is 17.3 Å². The van der Waals surface area contributed by atoms with E-state index in [2.05, 4.69) is 4.98 Å². The van der Waals surface area contributed by atoms with Crippen LogP contribution in [0.25, 0.3) is 0 Å². The number of rotatable bonds is 15. The van der Waals surface area contributed by atoms with E-state index >= 15 is 0 Å². The summed E-state index contributed by atoms with van der Waals surface area (Å²) in [5.74, 6) is -36.7. The Kier molecular flexibility index (Phi) is 12.1. The van der Waals surface area contributed by atoms with E-state index < -0.39 is 81.8 Å². The summed E-state index contributed by atoms with van der Waals surface area (Å²) in [5.41, 5.74) is -0.287. The maximum absolute atomic E-state index is 14.9. The highest BCUT2D eigenvalue weighted by Crippen LogP contribution is 2.61. The van der Waals surface area contributed by atoms with Crippen LogP contribution >= 0.6 is 0 Å². The van der Waals surface area contributed by atoms with Gasteiger partial charge in [0.1, 0.15) is 8.07 Å². The molecular formula is C27H40F13NO2Si2. The van der Waals surface area contributed by atoms with Crippen LogP contribution in [0, 0.1) is 6.92 Å². The van der Waals surface area contributed by atoms with Crippen molar-refractivity contribution in [2.75, 3.05) is 7.11 Å². The summed E-state index contributed by atoms with van der Waals surface area (Å²) in [7, 11) is -4.53. The van der Waals surface area contributed by atoms with Gasteiger partial charge in [-0.2, -0.15) is 57.1 Å². The van der Waals surface area contributed by atoms with Gasteiger partial charge >= 0.3 is 35.8 Å². The number of halogens is 13. The fourth-order valence-electron chi connectivity index (χ4n) is 5.04. The second kappa shape index (κ2) is 13.1. The highest BCUT2D eigenvalue weighted by Gasteiger charge is 2.90. The predicted molar refractivity (Wildman–Crippen MR) is 149 cm³/mol. The fourth-order valence-corrected chi connectivity index (χ4v) is 10.7. The van der Waals surface area contributed by atoms with Crippen molar-refractivity contribution in [3.8, 4) is 5.88 Å². The average molecular weight is 714 g/mol. The molecule has 0 fully saturated rings. The largest absolute Gasteiger partial charge is 0.481 e. The molecule has 0 saturated heterocycles. The summed E-state index contributed by atoms with van der Waals surface area (Å²) in [5, 5.41) is 0.688. The van der Waals surface area contributed by atoms with Crippen LogP contribution < -0.4 is 10.1 Å². The summed E-state index contributed by atoms with van der Waals surface area (Å²) in [6.45, 7) is 15.3. The van der Waals surface area contributed by atoms with Crippen molar-refractivity contribution in [3.63, 3.8) is 0 Å². The van der Waals surface area contributed by atoms with Crippen LogP contribution in [0.1, 0.15) is 64.7 Å². The molecule has 0 N–H and O–H groups in total. The molecule has 0 bridgehead atoms. The third-order valence-electron chi connectivity index (χ3n) is 8.09. The van der Waals surface area contributed by atoms with Gasteiger partial charge in [-0.05, 0) is 42.1 Å². The molecular weight excluding hydrogens is 673 g/mol. The van der Waals surface area contributed by atoms with E-state index in [0.717, 1.165) is 0 Å². The second-order valence-corrected chi connectivity index (χ2v) is 22.7. The minimum Gasteiger partial charge on any atom is -0.481 e. The Morgan fingerprint density at radius 3 is 1.56 bits per heavy atom.